The molecule has 1 saturated heterocycles. The molecule has 0 radical (unpaired) electrons. The Balaban J connectivity index is 0.00000242. The number of hydrogen-bond donors (Lipinski definition) is 2. The Morgan fingerprint density at radius 2 is 1.82 bits per heavy atom. The first-order chi connectivity index (χ1) is 10.1. The van der Waals surface area contributed by atoms with E-state index in [2.05, 4.69) is 19.9 Å². The standard InChI is InChI=1S/C14H22N4O2S.HI/c1-15-14(18-11-5-6-12-18)16-9-10-17-21(19,20)13-7-3-2-4-8-13;/h2-4,7-8,17H,5-6,9-12H2,1H3,(H,15,16);1H. The summed E-state index contributed by atoms with van der Waals surface area (Å²) in [5.41, 5.74) is 0. The largest absolute Gasteiger partial charge is 0.355 e. The maximum Gasteiger partial charge on any atom is 0.240 e. The average Bonchev–Trinajstić information content (AvgIpc) is 3.02. The van der Waals surface area contributed by atoms with Gasteiger partial charge in [-0.3, -0.25) is 4.99 Å². The Morgan fingerprint density at radius 3 is 2.41 bits per heavy atom. The highest BCUT2D eigenvalue weighted by Crippen LogP contribution is 2.07. The molecule has 0 amide bonds. The molecule has 0 atom stereocenters. The monoisotopic (exact) mass is 438 g/mol. The third-order valence-electron chi connectivity index (χ3n) is 3.37. The van der Waals surface area contributed by atoms with Crippen molar-refractivity contribution in [1.82, 2.24) is 14.9 Å². The minimum atomic E-state index is -3.43. The number of nitrogens with zero attached hydrogens (tertiary/aromatic N) is 2. The fraction of sp³-hybridized carbons (Fsp3) is 0.500. The van der Waals surface area contributed by atoms with Gasteiger partial charge in [0, 0.05) is 33.2 Å². The number of hydrogen-bond acceptors (Lipinski definition) is 3. The van der Waals surface area contributed by atoms with Crippen LogP contribution in [0.25, 0.3) is 0 Å². The molecule has 1 aliphatic rings. The average molecular weight is 438 g/mol. The first-order valence-electron chi connectivity index (χ1n) is 7.14. The predicted molar refractivity (Wildman–Crippen MR) is 99.2 cm³/mol. The number of aliphatic imine (C=N–C) groups is 1. The summed E-state index contributed by atoms with van der Waals surface area (Å²) in [4.78, 5) is 6.69. The van der Waals surface area contributed by atoms with Gasteiger partial charge in [-0.25, -0.2) is 13.1 Å². The quantitative estimate of drug-likeness (QED) is 0.314. The van der Waals surface area contributed by atoms with Crippen molar-refractivity contribution >= 4 is 40.0 Å². The van der Waals surface area contributed by atoms with Gasteiger partial charge in [-0.15, -0.1) is 24.0 Å². The Labute approximate surface area is 149 Å². The SMILES string of the molecule is CN=C(NCCNS(=O)(=O)c1ccccc1)N1CCCC1.I. The van der Waals surface area contributed by atoms with Crippen LogP contribution in [-0.2, 0) is 10.0 Å². The van der Waals surface area contributed by atoms with Gasteiger partial charge in [0.1, 0.15) is 0 Å². The lowest BCUT2D eigenvalue weighted by Crippen LogP contribution is -2.42. The summed E-state index contributed by atoms with van der Waals surface area (Å²) in [7, 11) is -1.68. The van der Waals surface area contributed by atoms with Crippen molar-refractivity contribution in [3.8, 4) is 0 Å². The fourth-order valence-corrected chi connectivity index (χ4v) is 3.36. The van der Waals surface area contributed by atoms with E-state index in [-0.39, 0.29) is 28.9 Å². The molecule has 0 aliphatic carbocycles. The number of halogens is 1. The minimum absolute atomic E-state index is 0. The number of nitrogens with one attached hydrogen (secondary N) is 2. The molecule has 22 heavy (non-hydrogen) atoms. The summed E-state index contributed by atoms with van der Waals surface area (Å²) < 4.78 is 26.6. The predicted octanol–water partition coefficient (Wildman–Crippen LogP) is 1.25. The Morgan fingerprint density at radius 1 is 1.18 bits per heavy atom. The summed E-state index contributed by atoms with van der Waals surface area (Å²) in [6.45, 7) is 2.85. The van der Waals surface area contributed by atoms with Crippen molar-refractivity contribution in [3.63, 3.8) is 0 Å². The van der Waals surface area contributed by atoms with Gasteiger partial charge in [-0.05, 0) is 25.0 Å². The molecule has 6 nitrogen and oxygen atoms in total. The fourth-order valence-electron chi connectivity index (χ4n) is 2.30. The Kier molecular flexibility index (Phi) is 8.12. The second-order valence-corrected chi connectivity index (χ2v) is 6.65. The van der Waals surface area contributed by atoms with Crippen molar-refractivity contribution in [2.24, 2.45) is 4.99 Å². The highest BCUT2D eigenvalue weighted by molar-refractivity contribution is 14.0. The van der Waals surface area contributed by atoms with Gasteiger partial charge in [0.25, 0.3) is 0 Å². The van der Waals surface area contributed by atoms with Crippen LogP contribution in [0.15, 0.2) is 40.2 Å². The summed E-state index contributed by atoms with van der Waals surface area (Å²) in [5, 5.41) is 3.18. The molecular formula is C14H23IN4O2S. The molecule has 1 aliphatic heterocycles. The summed E-state index contributed by atoms with van der Waals surface area (Å²) in [6.07, 6.45) is 2.36. The molecule has 0 saturated carbocycles. The second-order valence-electron chi connectivity index (χ2n) is 4.88. The van der Waals surface area contributed by atoms with Crippen LogP contribution < -0.4 is 10.0 Å². The number of guanidine groups is 1. The molecule has 2 rings (SSSR count). The van der Waals surface area contributed by atoms with E-state index in [1.54, 1.807) is 37.4 Å². The molecule has 8 heteroatoms. The van der Waals surface area contributed by atoms with Gasteiger partial charge in [0.15, 0.2) is 5.96 Å². The van der Waals surface area contributed by atoms with Crippen molar-refractivity contribution < 1.29 is 8.42 Å². The molecule has 0 spiro atoms. The molecule has 2 N–H and O–H groups in total. The van der Waals surface area contributed by atoms with E-state index < -0.39 is 10.0 Å². The zero-order valence-electron chi connectivity index (χ0n) is 12.7. The third-order valence-corrected chi connectivity index (χ3v) is 4.85. The molecule has 1 fully saturated rings. The maximum atomic E-state index is 12.0. The van der Waals surface area contributed by atoms with Gasteiger partial charge in [-0.1, -0.05) is 18.2 Å². The molecule has 124 valence electrons. The number of likely N-dealkylation sites (tertiary alicyclic amines) is 1. The van der Waals surface area contributed by atoms with Crippen LogP contribution in [0.5, 0.6) is 0 Å². The van der Waals surface area contributed by atoms with Gasteiger partial charge >= 0.3 is 0 Å². The molecule has 1 heterocycles. The lowest BCUT2D eigenvalue weighted by Gasteiger charge is -2.20. The van der Waals surface area contributed by atoms with E-state index in [1.807, 2.05) is 0 Å². The van der Waals surface area contributed by atoms with Gasteiger partial charge < -0.3 is 10.2 Å². The van der Waals surface area contributed by atoms with Gasteiger partial charge in [-0.2, -0.15) is 0 Å². The van der Waals surface area contributed by atoms with Crippen LogP contribution in [0, 0.1) is 0 Å². The van der Waals surface area contributed by atoms with E-state index in [4.69, 9.17) is 0 Å². The van der Waals surface area contributed by atoms with Crippen molar-refractivity contribution in [2.75, 3.05) is 33.2 Å². The normalized spacial score (nSPS) is 15.5. The topological polar surface area (TPSA) is 73.8 Å². The zero-order chi connectivity index (χ0) is 15.1. The van der Waals surface area contributed by atoms with Crippen LogP contribution in [0.3, 0.4) is 0 Å². The van der Waals surface area contributed by atoms with Crippen molar-refractivity contribution in [1.29, 1.82) is 0 Å². The van der Waals surface area contributed by atoms with Crippen LogP contribution >= 0.6 is 24.0 Å². The van der Waals surface area contributed by atoms with Crippen LogP contribution in [0.1, 0.15) is 12.8 Å². The smallest absolute Gasteiger partial charge is 0.240 e. The number of benzene rings is 1. The van der Waals surface area contributed by atoms with Crippen molar-refractivity contribution in [2.45, 2.75) is 17.7 Å². The first-order valence-corrected chi connectivity index (χ1v) is 8.62. The van der Waals surface area contributed by atoms with Gasteiger partial charge in [0.2, 0.25) is 10.0 Å². The van der Waals surface area contributed by atoms with Crippen LogP contribution in [0.2, 0.25) is 0 Å². The molecular weight excluding hydrogens is 415 g/mol. The van der Waals surface area contributed by atoms with E-state index in [0.717, 1.165) is 19.0 Å². The number of sulfonamides is 1. The van der Waals surface area contributed by atoms with Gasteiger partial charge in [0.05, 0.1) is 4.90 Å². The summed E-state index contributed by atoms with van der Waals surface area (Å²) in [6, 6.07) is 8.38. The Hall–Kier alpha value is -0.870. The third kappa shape index (κ3) is 5.40. The van der Waals surface area contributed by atoms with E-state index in [1.165, 1.54) is 12.8 Å². The number of rotatable bonds is 5. The van der Waals surface area contributed by atoms with E-state index in [0.29, 0.717) is 13.1 Å². The lowest BCUT2D eigenvalue weighted by atomic mass is 10.4. The first kappa shape index (κ1) is 19.2. The lowest BCUT2D eigenvalue weighted by molar-refractivity contribution is 0.493. The summed E-state index contributed by atoms with van der Waals surface area (Å²) in [5.74, 6) is 0.839. The maximum absolute atomic E-state index is 12.0. The van der Waals surface area contributed by atoms with E-state index >= 15 is 0 Å². The van der Waals surface area contributed by atoms with Crippen LogP contribution in [-0.4, -0.2) is 52.5 Å². The molecule has 1 aromatic carbocycles. The molecule has 0 aromatic heterocycles. The molecule has 0 bridgehead atoms. The second kappa shape index (κ2) is 9.31. The minimum Gasteiger partial charge on any atom is -0.355 e. The Bertz CT molecular complexity index is 572. The summed E-state index contributed by atoms with van der Waals surface area (Å²) >= 11 is 0. The van der Waals surface area contributed by atoms with Crippen molar-refractivity contribution in [3.05, 3.63) is 30.3 Å². The molecule has 0 unspecified atom stereocenters. The van der Waals surface area contributed by atoms with Crippen LogP contribution in [0.4, 0.5) is 0 Å². The molecule has 1 aromatic rings. The highest BCUT2D eigenvalue weighted by Gasteiger charge is 2.16. The highest BCUT2D eigenvalue weighted by atomic mass is 127. The van der Waals surface area contributed by atoms with E-state index in [9.17, 15) is 8.42 Å². The zero-order valence-corrected chi connectivity index (χ0v) is 15.8.